The minimum Gasteiger partial charge on any atom is -0.493 e. The Hall–Kier alpha value is -3.82. The van der Waals surface area contributed by atoms with Crippen LogP contribution in [0, 0.1) is 6.92 Å². The molecule has 3 rings (SSSR count). The van der Waals surface area contributed by atoms with Gasteiger partial charge in [0.15, 0.2) is 0 Å². The zero-order chi connectivity index (χ0) is 25.4. The highest BCUT2D eigenvalue weighted by atomic mass is 19.4. The molecular weight excluding hydrogens is 463 g/mol. The minimum atomic E-state index is -5.08. The fourth-order valence-corrected chi connectivity index (χ4v) is 3.33. The van der Waals surface area contributed by atoms with E-state index in [0.29, 0.717) is 36.0 Å². The summed E-state index contributed by atoms with van der Waals surface area (Å²) >= 11 is 0. The lowest BCUT2D eigenvalue weighted by atomic mass is 10.0. The summed E-state index contributed by atoms with van der Waals surface area (Å²) in [6, 6.07) is 14.8. The first-order valence-corrected chi connectivity index (χ1v) is 11.1. The summed E-state index contributed by atoms with van der Waals surface area (Å²) in [6.45, 7) is 4.04. The van der Waals surface area contributed by atoms with E-state index >= 15 is 0 Å². The van der Waals surface area contributed by atoms with Gasteiger partial charge in [-0.15, -0.1) is 0 Å². The summed E-state index contributed by atoms with van der Waals surface area (Å²) in [4.78, 5) is 28.0. The van der Waals surface area contributed by atoms with E-state index in [1.807, 2.05) is 37.3 Å². The number of amides is 2. The molecule has 2 amide bonds. The Labute approximate surface area is 200 Å². The number of benzene rings is 2. The average molecular weight is 489 g/mol. The molecule has 186 valence electrons. The van der Waals surface area contributed by atoms with E-state index in [1.54, 1.807) is 36.5 Å². The molecule has 0 bridgehead atoms. The van der Waals surface area contributed by atoms with Crippen molar-refractivity contribution < 1.29 is 31.9 Å². The summed E-state index contributed by atoms with van der Waals surface area (Å²) in [7, 11) is 0. The minimum absolute atomic E-state index is 0.103. The molecule has 1 aromatic heterocycles. The van der Waals surface area contributed by atoms with Crippen molar-refractivity contribution in [2.45, 2.75) is 38.9 Å². The number of aryl methyl sites for hydroxylation is 1. The van der Waals surface area contributed by atoms with Crippen LogP contribution in [-0.4, -0.2) is 42.2 Å². The average Bonchev–Trinajstić information content (AvgIpc) is 3.20. The lowest BCUT2D eigenvalue weighted by Crippen LogP contribution is -2.51. The van der Waals surface area contributed by atoms with Gasteiger partial charge in [0.25, 0.3) is 0 Å². The second-order valence-electron chi connectivity index (χ2n) is 7.75. The van der Waals surface area contributed by atoms with E-state index in [1.165, 1.54) is 0 Å². The van der Waals surface area contributed by atoms with E-state index in [2.05, 4.69) is 10.3 Å². The topological polar surface area (TPSA) is 93.5 Å². The van der Waals surface area contributed by atoms with Gasteiger partial charge in [-0.3, -0.25) is 9.59 Å². The monoisotopic (exact) mass is 489 g/mol. The third kappa shape index (κ3) is 7.33. The normalized spacial score (nSPS) is 12.1. The molecule has 1 heterocycles. The number of carbonyl (C=O) groups excluding carboxylic acids is 2. The lowest BCUT2D eigenvalue weighted by molar-refractivity contribution is -0.174. The Morgan fingerprint density at radius 1 is 1.09 bits per heavy atom. The van der Waals surface area contributed by atoms with Crippen LogP contribution in [0.3, 0.4) is 0 Å². The Morgan fingerprint density at radius 2 is 1.77 bits per heavy atom. The summed E-state index contributed by atoms with van der Waals surface area (Å²) < 4.78 is 49.4. The fraction of sp³-hybridized carbons (Fsp3) is 0.320. The van der Waals surface area contributed by atoms with Crippen LogP contribution in [0.4, 0.5) is 13.2 Å². The number of rotatable bonds is 10. The molecule has 35 heavy (non-hydrogen) atoms. The van der Waals surface area contributed by atoms with E-state index in [0.717, 1.165) is 11.3 Å². The number of hydrogen-bond donors (Lipinski definition) is 2. The Balaban J connectivity index is 1.57. The molecule has 1 atom stereocenters. The van der Waals surface area contributed by atoms with Crippen LogP contribution in [0.1, 0.15) is 23.9 Å². The molecule has 1 unspecified atom stereocenters. The van der Waals surface area contributed by atoms with E-state index in [9.17, 15) is 22.8 Å². The molecule has 10 heteroatoms. The van der Waals surface area contributed by atoms with Crippen molar-refractivity contribution in [3.05, 3.63) is 71.6 Å². The number of halogens is 3. The highest BCUT2D eigenvalue weighted by Crippen LogP contribution is 2.22. The second-order valence-corrected chi connectivity index (χ2v) is 7.75. The van der Waals surface area contributed by atoms with Crippen LogP contribution in [0.25, 0.3) is 11.5 Å². The van der Waals surface area contributed by atoms with Gasteiger partial charge in [-0.2, -0.15) is 13.2 Å². The third-order valence-electron chi connectivity index (χ3n) is 5.11. The molecule has 2 aromatic carbocycles. The van der Waals surface area contributed by atoms with Crippen LogP contribution in [0.5, 0.6) is 5.75 Å². The number of ether oxygens (including phenoxy) is 1. The van der Waals surface area contributed by atoms with Gasteiger partial charge in [0, 0.05) is 24.9 Å². The summed E-state index contributed by atoms with van der Waals surface area (Å²) in [6.07, 6.45) is -4.66. The van der Waals surface area contributed by atoms with Crippen LogP contribution in [0.2, 0.25) is 0 Å². The molecular formula is C25H26F3N3O4. The van der Waals surface area contributed by atoms with Gasteiger partial charge in [0.05, 0.1) is 12.3 Å². The van der Waals surface area contributed by atoms with E-state index < -0.39 is 24.0 Å². The highest BCUT2D eigenvalue weighted by Gasteiger charge is 2.40. The highest BCUT2D eigenvalue weighted by molar-refractivity contribution is 5.90. The molecule has 0 aliphatic rings. The molecule has 0 radical (unpaired) electrons. The molecule has 0 saturated carbocycles. The number of nitrogens with zero attached hydrogens (tertiary/aromatic N) is 1. The van der Waals surface area contributed by atoms with Gasteiger partial charge in [-0.1, -0.05) is 30.3 Å². The van der Waals surface area contributed by atoms with Crippen molar-refractivity contribution in [3.63, 3.8) is 0 Å². The van der Waals surface area contributed by atoms with Crippen molar-refractivity contribution in [1.29, 1.82) is 0 Å². The maximum Gasteiger partial charge on any atom is 0.471 e. The number of alkyl halides is 3. The Morgan fingerprint density at radius 3 is 2.40 bits per heavy atom. The first-order valence-electron chi connectivity index (χ1n) is 11.1. The predicted octanol–water partition coefficient (Wildman–Crippen LogP) is 4.00. The molecule has 0 aliphatic carbocycles. The summed E-state index contributed by atoms with van der Waals surface area (Å²) in [5, 5.41) is 4.19. The smallest absolute Gasteiger partial charge is 0.471 e. The first kappa shape index (κ1) is 25.8. The van der Waals surface area contributed by atoms with E-state index in [4.69, 9.17) is 9.15 Å². The van der Waals surface area contributed by atoms with E-state index in [-0.39, 0.29) is 13.0 Å². The number of oxazole rings is 1. The quantitative estimate of drug-likeness (QED) is 0.449. The number of hydrogen-bond acceptors (Lipinski definition) is 5. The van der Waals surface area contributed by atoms with Crippen LogP contribution < -0.4 is 15.4 Å². The predicted molar refractivity (Wildman–Crippen MR) is 123 cm³/mol. The van der Waals surface area contributed by atoms with Gasteiger partial charge >= 0.3 is 12.1 Å². The third-order valence-corrected chi connectivity index (χ3v) is 5.11. The van der Waals surface area contributed by atoms with Crippen LogP contribution >= 0.6 is 0 Å². The zero-order valence-electron chi connectivity index (χ0n) is 19.3. The van der Waals surface area contributed by atoms with Crippen molar-refractivity contribution in [3.8, 4) is 17.2 Å². The van der Waals surface area contributed by atoms with Crippen molar-refractivity contribution in [2.75, 3.05) is 13.2 Å². The number of aromatic nitrogens is 1. The molecule has 3 aromatic rings. The van der Waals surface area contributed by atoms with Gasteiger partial charge in [0.1, 0.15) is 17.6 Å². The number of carbonyl (C=O) groups is 2. The molecule has 0 fully saturated rings. The van der Waals surface area contributed by atoms with Gasteiger partial charge in [0.2, 0.25) is 11.8 Å². The van der Waals surface area contributed by atoms with Crippen LogP contribution in [0.15, 0.2) is 59.0 Å². The molecule has 0 saturated heterocycles. The fourth-order valence-electron chi connectivity index (χ4n) is 3.33. The number of nitrogens with one attached hydrogen (secondary N) is 2. The maximum absolute atomic E-state index is 12.6. The largest absolute Gasteiger partial charge is 0.493 e. The van der Waals surface area contributed by atoms with Gasteiger partial charge < -0.3 is 19.8 Å². The Bertz CT molecular complexity index is 1130. The second kappa shape index (κ2) is 11.5. The number of likely N-dealkylation sites (N-methyl/N-ethyl adjacent to an activating group) is 1. The lowest BCUT2D eigenvalue weighted by Gasteiger charge is -2.19. The maximum atomic E-state index is 12.6. The standard InChI is InChI=1S/C25H26F3N3O4/c1-3-29-22(32)21(31-24(33)25(26,27)28)15-17-9-11-19(12-10-17)34-14-13-20-16(2)35-23(30-20)18-7-5-4-6-8-18/h4-12,21H,3,13-15H2,1-2H3,(H,29,32)(H,31,33). The molecule has 0 spiro atoms. The molecule has 0 aliphatic heterocycles. The summed E-state index contributed by atoms with van der Waals surface area (Å²) in [5.74, 6) is -1.05. The van der Waals surface area contributed by atoms with Crippen molar-refractivity contribution >= 4 is 11.8 Å². The molecule has 2 N–H and O–H groups in total. The van der Waals surface area contributed by atoms with Crippen LogP contribution in [-0.2, 0) is 22.4 Å². The molecule has 7 nitrogen and oxygen atoms in total. The van der Waals surface area contributed by atoms with Gasteiger partial charge in [-0.25, -0.2) is 4.98 Å². The first-order chi connectivity index (χ1) is 16.7. The van der Waals surface area contributed by atoms with Crippen molar-refractivity contribution in [2.24, 2.45) is 0 Å². The van der Waals surface area contributed by atoms with Crippen molar-refractivity contribution in [1.82, 2.24) is 15.6 Å². The SMILES string of the molecule is CCNC(=O)C(Cc1ccc(OCCc2nc(-c3ccccc3)oc2C)cc1)NC(=O)C(F)(F)F. The Kier molecular flexibility index (Phi) is 8.51. The van der Waals surface area contributed by atoms with Gasteiger partial charge in [-0.05, 0) is 43.7 Å². The summed E-state index contributed by atoms with van der Waals surface area (Å²) in [5.41, 5.74) is 2.23. The zero-order valence-corrected chi connectivity index (χ0v) is 19.3.